The Morgan fingerprint density at radius 1 is 1.25 bits per heavy atom. The van der Waals surface area contributed by atoms with Crippen LogP contribution in [0.3, 0.4) is 0 Å². The van der Waals surface area contributed by atoms with Crippen molar-refractivity contribution in [1.29, 1.82) is 0 Å². The first-order chi connectivity index (χ1) is 13.4. The number of rotatable bonds is 5. The molecule has 0 radical (unpaired) electrons. The number of halogens is 3. The monoisotopic (exact) mass is 392 g/mol. The Balaban J connectivity index is 1.91. The standard InChI is InChI=1S/C20H23F3N4O/c1-2-15-10-6-7-11-27(15)18(28)16-13-25-19(20(21,22)23)26-17(16)24-12-14-8-4-3-5-9-14/h3-5,8-9,13,15H,2,6-7,10-12H2,1H3,(H,24,25,26). The summed E-state index contributed by atoms with van der Waals surface area (Å²) in [5, 5.41) is 2.90. The first kappa shape index (κ1) is 20.1. The second-order valence-electron chi connectivity index (χ2n) is 6.85. The second kappa shape index (κ2) is 8.58. The summed E-state index contributed by atoms with van der Waals surface area (Å²) in [5.74, 6) is -1.67. The zero-order valence-corrected chi connectivity index (χ0v) is 15.7. The predicted octanol–water partition coefficient (Wildman–Crippen LogP) is 4.51. The van der Waals surface area contributed by atoms with Gasteiger partial charge in [0.1, 0.15) is 11.4 Å². The SMILES string of the molecule is CCC1CCCCN1C(=O)c1cnc(C(F)(F)F)nc1NCc1ccccc1. The van der Waals surface area contributed by atoms with E-state index < -0.39 is 12.0 Å². The van der Waals surface area contributed by atoms with Gasteiger partial charge in [-0.1, -0.05) is 37.3 Å². The Hall–Kier alpha value is -2.64. The topological polar surface area (TPSA) is 58.1 Å². The molecule has 3 rings (SSSR count). The number of hydrogen-bond acceptors (Lipinski definition) is 4. The first-order valence-electron chi connectivity index (χ1n) is 9.43. The van der Waals surface area contributed by atoms with Gasteiger partial charge in [-0.05, 0) is 31.2 Å². The molecule has 28 heavy (non-hydrogen) atoms. The molecule has 1 atom stereocenters. The van der Waals surface area contributed by atoms with Crippen molar-refractivity contribution in [3.05, 3.63) is 53.5 Å². The molecule has 2 heterocycles. The molecule has 0 bridgehead atoms. The van der Waals surface area contributed by atoms with Crippen LogP contribution < -0.4 is 5.32 Å². The van der Waals surface area contributed by atoms with Gasteiger partial charge in [-0.2, -0.15) is 13.2 Å². The van der Waals surface area contributed by atoms with Crippen molar-refractivity contribution in [1.82, 2.24) is 14.9 Å². The van der Waals surface area contributed by atoms with E-state index in [4.69, 9.17) is 0 Å². The molecule has 8 heteroatoms. The molecule has 5 nitrogen and oxygen atoms in total. The van der Waals surface area contributed by atoms with E-state index in [1.54, 1.807) is 4.90 Å². The number of piperidine rings is 1. The average Bonchev–Trinajstić information content (AvgIpc) is 2.71. The number of benzene rings is 1. The number of nitrogens with zero attached hydrogens (tertiary/aromatic N) is 3. The highest BCUT2D eigenvalue weighted by molar-refractivity contribution is 5.98. The van der Waals surface area contributed by atoms with Crippen molar-refractivity contribution >= 4 is 11.7 Å². The van der Waals surface area contributed by atoms with Crippen LogP contribution in [-0.4, -0.2) is 33.4 Å². The van der Waals surface area contributed by atoms with Crippen molar-refractivity contribution in [2.45, 2.75) is 51.4 Å². The van der Waals surface area contributed by atoms with Crippen molar-refractivity contribution < 1.29 is 18.0 Å². The number of likely N-dealkylation sites (tertiary alicyclic amines) is 1. The van der Waals surface area contributed by atoms with Crippen molar-refractivity contribution in [3.63, 3.8) is 0 Å². The Morgan fingerprint density at radius 2 is 2.00 bits per heavy atom. The number of alkyl halides is 3. The highest BCUT2D eigenvalue weighted by Gasteiger charge is 2.36. The zero-order valence-electron chi connectivity index (χ0n) is 15.7. The Kier molecular flexibility index (Phi) is 6.16. The Morgan fingerprint density at radius 3 is 2.68 bits per heavy atom. The van der Waals surface area contributed by atoms with E-state index in [1.807, 2.05) is 37.3 Å². The third kappa shape index (κ3) is 4.61. The number of nitrogens with one attached hydrogen (secondary N) is 1. The molecular formula is C20H23F3N4O. The van der Waals surface area contributed by atoms with Crippen LogP contribution in [0.5, 0.6) is 0 Å². The highest BCUT2D eigenvalue weighted by atomic mass is 19.4. The lowest BCUT2D eigenvalue weighted by molar-refractivity contribution is -0.144. The third-order valence-corrected chi connectivity index (χ3v) is 4.93. The van der Waals surface area contributed by atoms with Crippen LogP contribution in [0.15, 0.2) is 36.5 Å². The van der Waals surface area contributed by atoms with Crippen LogP contribution in [0.4, 0.5) is 19.0 Å². The fourth-order valence-electron chi connectivity index (χ4n) is 3.44. The van der Waals surface area contributed by atoms with E-state index in [0.29, 0.717) is 6.54 Å². The molecule has 1 aromatic carbocycles. The molecule has 0 saturated carbocycles. The van der Waals surface area contributed by atoms with Gasteiger partial charge in [0.05, 0.1) is 0 Å². The van der Waals surface area contributed by atoms with Crippen molar-refractivity contribution in [3.8, 4) is 0 Å². The summed E-state index contributed by atoms with van der Waals surface area (Å²) in [5.41, 5.74) is 0.946. The van der Waals surface area contributed by atoms with Crippen molar-refractivity contribution in [2.75, 3.05) is 11.9 Å². The summed E-state index contributed by atoms with van der Waals surface area (Å²) in [6.07, 6.45) is -0.0490. The minimum Gasteiger partial charge on any atom is -0.365 e. The number of anilines is 1. The number of hydrogen-bond donors (Lipinski definition) is 1. The smallest absolute Gasteiger partial charge is 0.365 e. The van der Waals surface area contributed by atoms with Crippen LogP contribution in [0.1, 0.15) is 54.4 Å². The minimum absolute atomic E-state index is 0.0734. The van der Waals surface area contributed by atoms with Crippen LogP contribution in [-0.2, 0) is 12.7 Å². The van der Waals surface area contributed by atoms with Gasteiger partial charge < -0.3 is 10.2 Å². The molecular weight excluding hydrogens is 369 g/mol. The molecule has 1 amide bonds. The van der Waals surface area contributed by atoms with Gasteiger partial charge in [0.2, 0.25) is 5.82 Å². The first-order valence-corrected chi connectivity index (χ1v) is 9.43. The number of amides is 1. The summed E-state index contributed by atoms with van der Waals surface area (Å²) in [4.78, 5) is 21.9. The van der Waals surface area contributed by atoms with E-state index in [1.165, 1.54) is 0 Å². The fourth-order valence-corrected chi connectivity index (χ4v) is 3.44. The van der Waals surface area contributed by atoms with E-state index in [-0.39, 0.29) is 29.9 Å². The normalized spacial score (nSPS) is 17.4. The minimum atomic E-state index is -4.68. The van der Waals surface area contributed by atoms with Gasteiger partial charge in [0, 0.05) is 25.3 Å². The summed E-state index contributed by atoms with van der Waals surface area (Å²) < 4.78 is 39.3. The summed E-state index contributed by atoms with van der Waals surface area (Å²) >= 11 is 0. The summed E-state index contributed by atoms with van der Waals surface area (Å²) in [6, 6.07) is 9.31. The largest absolute Gasteiger partial charge is 0.451 e. The van der Waals surface area contributed by atoms with E-state index in [9.17, 15) is 18.0 Å². The lowest BCUT2D eigenvalue weighted by Crippen LogP contribution is -2.43. The summed E-state index contributed by atoms with van der Waals surface area (Å²) in [6.45, 7) is 2.86. The zero-order chi connectivity index (χ0) is 20.1. The molecule has 150 valence electrons. The number of carbonyl (C=O) groups is 1. The van der Waals surface area contributed by atoms with Crippen LogP contribution in [0, 0.1) is 0 Å². The highest BCUT2D eigenvalue weighted by Crippen LogP contribution is 2.29. The average molecular weight is 392 g/mol. The van der Waals surface area contributed by atoms with Crippen molar-refractivity contribution in [2.24, 2.45) is 0 Å². The number of carbonyl (C=O) groups excluding carboxylic acids is 1. The maximum Gasteiger partial charge on any atom is 0.451 e. The quantitative estimate of drug-likeness (QED) is 0.813. The molecule has 2 aromatic rings. The molecule has 1 aliphatic heterocycles. The maximum atomic E-state index is 13.1. The van der Waals surface area contributed by atoms with Crippen LogP contribution in [0.25, 0.3) is 0 Å². The van der Waals surface area contributed by atoms with Gasteiger partial charge in [-0.15, -0.1) is 0 Å². The molecule has 0 aliphatic carbocycles. The van der Waals surface area contributed by atoms with E-state index in [0.717, 1.165) is 37.4 Å². The van der Waals surface area contributed by atoms with Gasteiger partial charge in [-0.3, -0.25) is 4.79 Å². The van der Waals surface area contributed by atoms with Gasteiger partial charge in [0.15, 0.2) is 0 Å². The van der Waals surface area contributed by atoms with Gasteiger partial charge in [0.25, 0.3) is 5.91 Å². The molecule has 1 saturated heterocycles. The van der Waals surface area contributed by atoms with Gasteiger partial charge >= 0.3 is 6.18 Å². The third-order valence-electron chi connectivity index (χ3n) is 4.93. The fraction of sp³-hybridized carbons (Fsp3) is 0.450. The molecule has 1 aromatic heterocycles. The van der Waals surface area contributed by atoms with Crippen LogP contribution in [0.2, 0.25) is 0 Å². The molecule has 1 unspecified atom stereocenters. The maximum absolute atomic E-state index is 13.1. The second-order valence-corrected chi connectivity index (χ2v) is 6.85. The predicted molar refractivity (Wildman–Crippen MR) is 99.8 cm³/mol. The van der Waals surface area contributed by atoms with E-state index in [2.05, 4.69) is 15.3 Å². The molecule has 0 spiro atoms. The molecule has 1 aliphatic rings. The molecule has 1 N–H and O–H groups in total. The Labute approximate surface area is 162 Å². The lowest BCUT2D eigenvalue weighted by Gasteiger charge is -2.35. The number of aromatic nitrogens is 2. The van der Waals surface area contributed by atoms with E-state index >= 15 is 0 Å². The summed E-state index contributed by atoms with van der Waals surface area (Å²) in [7, 11) is 0. The molecule has 1 fully saturated rings. The Bertz CT molecular complexity index is 811. The van der Waals surface area contributed by atoms with Gasteiger partial charge in [-0.25, -0.2) is 9.97 Å². The van der Waals surface area contributed by atoms with Crippen LogP contribution >= 0.6 is 0 Å². The lowest BCUT2D eigenvalue weighted by atomic mass is 9.99.